The van der Waals surface area contributed by atoms with Crippen LogP contribution in [-0.4, -0.2) is 21.5 Å². The number of hydrogen-bond acceptors (Lipinski definition) is 5. The highest BCUT2D eigenvalue weighted by atomic mass is 16.6. The molecule has 0 radical (unpaired) electrons. The molecule has 1 saturated carbocycles. The van der Waals surface area contributed by atoms with Gasteiger partial charge in [-0.2, -0.15) is 0 Å². The Balaban J connectivity index is 1.38. The van der Waals surface area contributed by atoms with Crippen LogP contribution in [0.4, 0.5) is 5.69 Å². The fraction of sp³-hybridized carbons (Fsp3) is 0.452. The molecule has 0 unspecified atom stereocenters. The second kappa shape index (κ2) is 11.2. The van der Waals surface area contributed by atoms with Crippen LogP contribution in [0.1, 0.15) is 83.3 Å². The number of ether oxygens (including phenoxy) is 1. The maximum absolute atomic E-state index is 12.0. The van der Waals surface area contributed by atoms with Crippen LogP contribution in [0.15, 0.2) is 54.9 Å². The van der Waals surface area contributed by atoms with Gasteiger partial charge < -0.3 is 10.5 Å². The minimum absolute atomic E-state index is 0.221. The summed E-state index contributed by atoms with van der Waals surface area (Å²) in [6.45, 7) is 7.92. The number of carbonyl (C=O) groups is 1. The van der Waals surface area contributed by atoms with Crippen LogP contribution in [-0.2, 0) is 16.0 Å². The van der Waals surface area contributed by atoms with Gasteiger partial charge in [0.25, 0.3) is 0 Å². The highest BCUT2D eigenvalue weighted by Crippen LogP contribution is 2.37. The van der Waals surface area contributed by atoms with Crippen molar-refractivity contribution >= 4 is 11.7 Å². The molecule has 36 heavy (non-hydrogen) atoms. The van der Waals surface area contributed by atoms with Crippen molar-refractivity contribution in [3.63, 3.8) is 0 Å². The summed E-state index contributed by atoms with van der Waals surface area (Å²) in [7, 11) is 0. The van der Waals surface area contributed by atoms with E-state index in [0.29, 0.717) is 30.3 Å². The standard InChI is InChI=1S/C31H39N3O2/c1-5-21-6-8-22(9-7-21)23-10-12-24(13-11-23)27-19-33-30(34-20-27)26-15-14-25(28(32)18-26)16-17-29(35)36-31(2,3)4/h10-15,18-22H,5-9,16-17,32H2,1-4H3. The predicted molar refractivity (Wildman–Crippen MR) is 146 cm³/mol. The van der Waals surface area contributed by atoms with E-state index in [1.165, 1.54) is 37.7 Å². The molecule has 0 saturated heterocycles. The van der Waals surface area contributed by atoms with Gasteiger partial charge in [0, 0.05) is 35.6 Å². The van der Waals surface area contributed by atoms with E-state index in [4.69, 9.17) is 10.5 Å². The second-order valence-electron chi connectivity index (χ2n) is 11.0. The van der Waals surface area contributed by atoms with Gasteiger partial charge in [-0.3, -0.25) is 4.79 Å². The topological polar surface area (TPSA) is 78.1 Å². The minimum Gasteiger partial charge on any atom is -0.460 e. The lowest BCUT2D eigenvalue weighted by molar-refractivity contribution is -0.154. The summed E-state index contributed by atoms with van der Waals surface area (Å²) >= 11 is 0. The number of hydrogen-bond donors (Lipinski definition) is 1. The molecule has 0 bridgehead atoms. The molecule has 1 fully saturated rings. The Labute approximate surface area is 215 Å². The maximum Gasteiger partial charge on any atom is 0.306 e. The molecule has 1 aromatic heterocycles. The van der Waals surface area contributed by atoms with Crippen molar-refractivity contribution in [3.05, 3.63) is 66.0 Å². The van der Waals surface area contributed by atoms with E-state index in [9.17, 15) is 4.79 Å². The van der Waals surface area contributed by atoms with Crippen molar-refractivity contribution in [2.24, 2.45) is 5.92 Å². The Morgan fingerprint density at radius 2 is 1.58 bits per heavy atom. The fourth-order valence-electron chi connectivity index (χ4n) is 5.07. The summed E-state index contributed by atoms with van der Waals surface area (Å²) in [5.74, 6) is 2.02. The smallest absolute Gasteiger partial charge is 0.306 e. The molecular formula is C31H39N3O2. The summed E-state index contributed by atoms with van der Waals surface area (Å²) in [6, 6.07) is 14.7. The number of nitrogen functional groups attached to an aromatic ring is 1. The van der Waals surface area contributed by atoms with Gasteiger partial charge in [-0.15, -0.1) is 0 Å². The molecule has 1 aliphatic rings. The third kappa shape index (κ3) is 6.71. The lowest BCUT2D eigenvalue weighted by Crippen LogP contribution is -2.24. The third-order valence-corrected chi connectivity index (χ3v) is 7.21. The van der Waals surface area contributed by atoms with Gasteiger partial charge in [0.2, 0.25) is 0 Å². The van der Waals surface area contributed by atoms with Crippen LogP contribution >= 0.6 is 0 Å². The van der Waals surface area contributed by atoms with E-state index in [2.05, 4.69) is 41.2 Å². The number of carbonyl (C=O) groups excluding carboxylic acids is 1. The SMILES string of the molecule is CCC1CCC(c2ccc(-c3cnc(-c4ccc(CCC(=O)OC(C)(C)C)c(N)c4)nc3)cc2)CC1. The summed E-state index contributed by atoms with van der Waals surface area (Å²) in [5, 5.41) is 0. The average molecular weight is 486 g/mol. The van der Waals surface area contributed by atoms with E-state index in [0.717, 1.165) is 28.2 Å². The van der Waals surface area contributed by atoms with Gasteiger partial charge in [-0.05, 0) is 87.5 Å². The van der Waals surface area contributed by atoms with Crippen LogP contribution in [0.5, 0.6) is 0 Å². The van der Waals surface area contributed by atoms with Gasteiger partial charge in [-0.25, -0.2) is 9.97 Å². The fourth-order valence-corrected chi connectivity index (χ4v) is 5.07. The lowest BCUT2D eigenvalue weighted by atomic mass is 9.78. The summed E-state index contributed by atoms with van der Waals surface area (Å²) in [6.07, 6.45) is 11.2. The third-order valence-electron chi connectivity index (χ3n) is 7.21. The first-order chi connectivity index (χ1) is 17.2. The Bertz CT molecular complexity index is 1160. The molecule has 1 aliphatic carbocycles. The number of rotatable bonds is 7. The largest absolute Gasteiger partial charge is 0.460 e. The minimum atomic E-state index is -0.480. The van der Waals surface area contributed by atoms with Crippen LogP contribution in [0.3, 0.4) is 0 Å². The van der Waals surface area contributed by atoms with Crippen molar-refractivity contribution in [1.82, 2.24) is 9.97 Å². The van der Waals surface area contributed by atoms with E-state index < -0.39 is 5.60 Å². The zero-order valence-electron chi connectivity index (χ0n) is 22.1. The zero-order chi connectivity index (χ0) is 25.7. The van der Waals surface area contributed by atoms with Crippen LogP contribution < -0.4 is 5.73 Å². The Kier molecular flexibility index (Phi) is 8.07. The number of aromatic nitrogens is 2. The quantitative estimate of drug-likeness (QED) is 0.279. The first-order valence-electron chi connectivity index (χ1n) is 13.2. The van der Waals surface area contributed by atoms with Crippen molar-refractivity contribution in [2.45, 2.75) is 84.2 Å². The molecular weight excluding hydrogens is 446 g/mol. The summed E-state index contributed by atoms with van der Waals surface area (Å²) < 4.78 is 5.39. The van der Waals surface area contributed by atoms with E-state index in [1.807, 2.05) is 51.4 Å². The molecule has 3 aromatic rings. The molecule has 5 heteroatoms. The van der Waals surface area contributed by atoms with Gasteiger partial charge in [0.05, 0.1) is 0 Å². The van der Waals surface area contributed by atoms with Gasteiger partial charge in [-0.1, -0.05) is 49.7 Å². The second-order valence-corrected chi connectivity index (χ2v) is 11.0. The Morgan fingerprint density at radius 3 is 2.17 bits per heavy atom. The normalized spacial score (nSPS) is 18.1. The molecule has 0 aliphatic heterocycles. The molecule has 0 amide bonds. The maximum atomic E-state index is 12.0. The molecule has 0 spiro atoms. The van der Waals surface area contributed by atoms with Crippen molar-refractivity contribution < 1.29 is 9.53 Å². The van der Waals surface area contributed by atoms with Gasteiger partial charge in [0.15, 0.2) is 5.82 Å². The number of nitrogens with zero attached hydrogens (tertiary/aromatic N) is 2. The number of aryl methyl sites for hydroxylation is 1. The van der Waals surface area contributed by atoms with Gasteiger partial charge >= 0.3 is 5.97 Å². The average Bonchev–Trinajstić information content (AvgIpc) is 2.87. The van der Waals surface area contributed by atoms with Crippen LogP contribution in [0.2, 0.25) is 0 Å². The first-order valence-corrected chi connectivity index (χ1v) is 13.2. The zero-order valence-corrected chi connectivity index (χ0v) is 22.1. The Morgan fingerprint density at radius 1 is 0.944 bits per heavy atom. The molecule has 2 aromatic carbocycles. The monoisotopic (exact) mass is 485 g/mol. The highest BCUT2D eigenvalue weighted by molar-refractivity contribution is 5.71. The summed E-state index contributed by atoms with van der Waals surface area (Å²) in [5.41, 5.74) is 11.8. The molecule has 1 heterocycles. The lowest BCUT2D eigenvalue weighted by Gasteiger charge is -2.28. The number of nitrogens with two attached hydrogens (primary N) is 1. The van der Waals surface area contributed by atoms with Crippen molar-refractivity contribution in [1.29, 1.82) is 0 Å². The predicted octanol–water partition coefficient (Wildman–Crippen LogP) is 7.35. The van der Waals surface area contributed by atoms with Gasteiger partial charge in [0.1, 0.15) is 5.60 Å². The number of esters is 1. The molecule has 0 atom stereocenters. The molecule has 4 rings (SSSR count). The van der Waals surface area contributed by atoms with E-state index >= 15 is 0 Å². The van der Waals surface area contributed by atoms with E-state index in [-0.39, 0.29) is 5.97 Å². The van der Waals surface area contributed by atoms with Crippen LogP contribution in [0.25, 0.3) is 22.5 Å². The molecule has 5 nitrogen and oxygen atoms in total. The van der Waals surface area contributed by atoms with Crippen molar-refractivity contribution in [2.75, 3.05) is 5.73 Å². The molecule has 2 N–H and O–H groups in total. The Hall–Kier alpha value is -3.21. The number of anilines is 1. The van der Waals surface area contributed by atoms with Crippen LogP contribution in [0, 0.1) is 5.92 Å². The number of benzene rings is 2. The summed E-state index contributed by atoms with van der Waals surface area (Å²) in [4.78, 5) is 21.2. The highest BCUT2D eigenvalue weighted by Gasteiger charge is 2.21. The first kappa shape index (κ1) is 25.9. The molecule has 190 valence electrons. The van der Waals surface area contributed by atoms with Crippen molar-refractivity contribution in [3.8, 4) is 22.5 Å². The van der Waals surface area contributed by atoms with E-state index in [1.54, 1.807) is 0 Å².